The molecule has 116 valence electrons. The molecule has 0 saturated carbocycles. The monoisotopic (exact) mass is 304 g/mol. The zero-order valence-electron chi connectivity index (χ0n) is 12.6. The molecule has 1 fully saturated rings. The van der Waals surface area contributed by atoms with E-state index >= 15 is 0 Å². The van der Waals surface area contributed by atoms with Crippen LogP contribution in [0.3, 0.4) is 0 Å². The van der Waals surface area contributed by atoms with Gasteiger partial charge in [-0.2, -0.15) is 0 Å². The standard InChI is InChI=1S/C17H18F2N2O/c1-17(2)9-21(10-22)16-7-13(20-8-14(16)17)5-11-3-4-12(18)6-15(11)19/h3-4,6-8,10,13,20H,5,9H2,1-2H3. The van der Waals surface area contributed by atoms with E-state index < -0.39 is 11.6 Å². The lowest BCUT2D eigenvalue weighted by atomic mass is 9.85. The lowest BCUT2D eigenvalue weighted by molar-refractivity contribution is -0.116. The highest BCUT2D eigenvalue weighted by Gasteiger charge is 2.39. The molecule has 1 saturated heterocycles. The predicted molar refractivity (Wildman–Crippen MR) is 79.7 cm³/mol. The molecule has 0 bridgehead atoms. The molecule has 3 rings (SSSR count). The van der Waals surface area contributed by atoms with Crippen molar-refractivity contribution in [3.63, 3.8) is 0 Å². The number of likely N-dealkylation sites (tertiary alicyclic amines) is 1. The molecule has 1 atom stereocenters. The zero-order valence-corrected chi connectivity index (χ0v) is 12.6. The van der Waals surface area contributed by atoms with Crippen molar-refractivity contribution in [3.05, 3.63) is 58.9 Å². The third kappa shape index (κ3) is 2.51. The van der Waals surface area contributed by atoms with Gasteiger partial charge in [0.1, 0.15) is 11.6 Å². The third-order valence-corrected chi connectivity index (χ3v) is 4.26. The summed E-state index contributed by atoms with van der Waals surface area (Å²) < 4.78 is 26.7. The van der Waals surface area contributed by atoms with Crippen molar-refractivity contribution in [2.45, 2.75) is 26.3 Å². The lowest BCUT2D eigenvalue weighted by Crippen LogP contribution is -2.31. The Balaban J connectivity index is 1.84. The third-order valence-electron chi connectivity index (χ3n) is 4.26. The summed E-state index contributed by atoms with van der Waals surface area (Å²) in [5.74, 6) is -1.13. The summed E-state index contributed by atoms with van der Waals surface area (Å²) in [6.07, 6.45) is 5.08. The summed E-state index contributed by atoms with van der Waals surface area (Å²) in [4.78, 5) is 12.9. The number of dihydropyridines is 1. The first-order valence-electron chi connectivity index (χ1n) is 7.25. The van der Waals surface area contributed by atoms with Crippen molar-refractivity contribution in [1.82, 2.24) is 10.2 Å². The number of allylic oxidation sites excluding steroid dienone is 1. The number of amides is 1. The highest BCUT2D eigenvalue weighted by molar-refractivity contribution is 5.60. The molecule has 22 heavy (non-hydrogen) atoms. The fourth-order valence-electron chi connectivity index (χ4n) is 3.12. The second kappa shape index (κ2) is 5.23. The van der Waals surface area contributed by atoms with E-state index in [2.05, 4.69) is 19.2 Å². The fourth-order valence-corrected chi connectivity index (χ4v) is 3.12. The van der Waals surface area contributed by atoms with Crippen molar-refractivity contribution in [1.29, 1.82) is 0 Å². The Morgan fingerprint density at radius 2 is 2.18 bits per heavy atom. The van der Waals surface area contributed by atoms with E-state index in [9.17, 15) is 13.6 Å². The van der Waals surface area contributed by atoms with Crippen molar-refractivity contribution in [2.75, 3.05) is 6.54 Å². The minimum atomic E-state index is -0.580. The van der Waals surface area contributed by atoms with Gasteiger partial charge in [-0.15, -0.1) is 0 Å². The molecule has 1 unspecified atom stereocenters. The van der Waals surface area contributed by atoms with E-state index in [4.69, 9.17) is 0 Å². The van der Waals surface area contributed by atoms with Crippen LogP contribution in [0.15, 0.2) is 41.7 Å². The summed E-state index contributed by atoms with van der Waals surface area (Å²) in [7, 11) is 0. The number of halogens is 2. The van der Waals surface area contributed by atoms with Crippen LogP contribution in [-0.2, 0) is 11.2 Å². The number of fused-ring (bicyclic) bond motifs is 1. The summed E-state index contributed by atoms with van der Waals surface area (Å²) in [6.45, 7) is 4.79. The van der Waals surface area contributed by atoms with Crippen LogP contribution in [0.1, 0.15) is 19.4 Å². The molecular weight excluding hydrogens is 286 g/mol. The Labute approximate surface area is 128 Å². The molecule has 5 heteroatoms. The van der Waals surface area contributed by atoms with Gasteiger partial charge in [0.2, 0.25) is 6.41 Å². The van der Waals surface area contributed by atoms with Gasteiger partial charge in [0.15, 0.2) is 0 Å². The number of benzene rings is 1. The van der Waals surface area contributed by atoms with Crippen LogP contribution in [0, 0.1) is 17.0 Å². The number of rotatable bonds is 3. The van der Waals surface area contributed by atoms with Crippen molar-refractivity contribution < 1.29 is 13.6 Å². The van der Waals surface area contributed by atoms with Crippen LogP contribution in [-0.4, -0.2) is 23.9 Å². The smallest absolute Gasteiger partial charge is 0.214 e. The van der Waals surface area contributed by atoms with E-state index in [-0.39, 0.29) is 11.5 Å². The summed E-state index contributed by atoms with van der Waals surface area (Å²) >= 11 is 0. The van der Waals surface area contributed by atoms with E-state index in [0.717, 1.165) is 23.7 Å². The van der Waals surface area contributed by atoms with Gasteiger partial charge < -0.3 is 10.2 Å². The van der Waals surface area contributed by atoms with Crippen molar-refractivity contribution in [2.24, 2.45) is 5.41 Å². The maximum Gasteiger partial charge on any atom is 0.214 e. The van der Waals surface area contributed by atoms with Gasteiger partial charge in [0, 0.05) is 29.9 Å². The van der Waals surface area contributed by atoms with Crippen LogP contribution in [0.4, 0.5) is 8.78 Å². The molecule has 0 radical (unpaired) electrons. The molecular formula is C17H18F2N2O. The average molecular weight is 304 g/mol. The maximum absolute atomic E-state index is 13.8. The SMILES string of the molecule is CC1(C)CN(C=O)C2=CC(Cc3ccc(F)cc3F)NC=C21. The second-order valence-electron chi connectivity index (χ2n) is 6.44. The number of carbonyl (C=O) groups is 1. The molecule has 2 aliphatic heterocycles. The van der Waals surface area contributed by atoms with Gasteiger partial charge in [-0.3, -0.25) is 4.79 Å². The first kappa shape index (κ1) is 14.8. The number of hydrogen-bond acceptors (Lipinski definition) is 2. The molecule has 0 aromatic heterocycles. The van der Waals surface area contributed by atoms with Crippen LogP contribution in [0.25, 0.3) is 0 Å². The number of hydrogen-bond donors (Lipinski definition) is 1. The van der Waals surface area contributed by atoms with E-state index in [1.807, 2.05) is 12.3 Å². The van der Waals surface area contributed by atoms with E-state index in [1.165, 1.54) is 12.1 Å². The first-order chi connectivity index (χ1) is 10.4. The molecule has 2 aliphatic rings. The lowest BCUT2D eigenvalue weighted by Gasteiger charge is -2.25. The highest BCUT2D eigenvalue weighted by atomic mass is 19.1. The van der Waals surface area contributed by atoms with Crippen LogP contribution in [0.5, 0.6) is 0 Å². The number of nitrogens with zero attached hydrogens (tertiary/aromatic N) is 1. The molecule has 1 aromatic carbocycles. The van der Waals surface area contributed by atoms with Gasteiger partial charge in [-0.1, -0.05) is 19.9 Å². The summed E-state index contributed by atoms with van der Waals surface area (Å²) in [6, 6.07) is 3.48. The number of nitrogens with one attached hydrogen (secondary N) is 1. The van der Waals surface area contributed by atoms with Crippen molar-refractivity contribution >= 4 is 6.41 Å². The fraction of sp³-hybridized carbons (Fsp3) is 0.353. The molecule has 1 aromatic rings. The molecule has 1 N–H and O–H groups in total. The average Bonchev–Trinajstić information content (AvgIpc) is 2.73. The molecule has 1 amide bonds. The van der Waals surface area contributed by atoms with E-state index in [0.29, 0.717) is 18.5 Å². The van der Waals surface area contributed by atoms with Gasteiger partial charge in [-0.05, 0) is 29.7 Å². The minimum Gasteiger partial charge on any atom is -0.384 e. The van der Waals surface area contributed by atoms with Gasteiger partial charge in [0.25, 0.3) is 0 Å². The molecule has 0 spiro atoms. The minimum absolute atomic E-state index is 0.105. The van der Waals surface area contributed by atoms with Crippen molar-refractivity contribution in [3.8, 4) is 0 Å². The molecule has 2 heterocycles. The normalized spacial score (nSPS) is 22.5. The zero-order chi connectivity index (χ0) is 15.9. The van der Waals surface area contributed by atoms with Gasteiger partial charge in [0.05, 0.1) is 6.04 Å². The van der Waals surface area contributed by atoms with Crippen LogP contribution in [0.2, 0.25) is 0 Å². The summed E-state index contributed by atoms with van der Waals surface area (Å²) in [5.41, 5.74) is 2.30. The van der Waals surface area contributed by atoms with Gasteiger partial charge >= 0.3 is 0 Å². The predicted octanol–water partition coefficient (Wildman–Crippen LogP) is 2.75. The Morgan fingerprint density at radius 3 is 2.86 bits per heavy atom. The molecule has 0 aliphatic carbocycles. The summed E-state index contributed by atoms with van der Waals surface area (Å²) in [5, 5.41) is 3.24. The highest BCUT2D eigenvalue weighted by Crippen LogP contribution is 2.42. The molecule has 3 nitrogen and oxygen atoms in total. The second-order valence-corrected chi connectivity index (χ2v) is 6.44. The quantitative estimate of drug-likeness (QED) is 0.871. The largest absolute Gasteiger partial charge is 0.384 e. The first-order valence-corrected chi connectivity index (χ1v) is 7.25. The Bertz CT molecular complexity index is 679. The van der Waals surface area contributed by atoms with Crippen LogP contribution < -0.4 is 5.32 Å². The Hall–Kier alpha value is -2.17. The van der Waals surface area contributed by atoms with Crippen LogP contribution >= 0.6 is 0 Å². The van der Waals surface area contributed by atoms with Gasteiger partial charge in [-0.25, -0.2) is 8.78 Å². The Morgan fingerprint density at radius 1 is 1.41 bits per heavy atom. The Kier molecular flexibility index (Phi) is 3.51. The topological polar surface area (TPSA) is 32.3 Å². The maximum atomic E-state index is 13.8. The number of carbonyl (C=O) groups excluding carboxylic acids is 1. The van der Waals surface area contributed by atoms with E-state index in [1.54, 1.807) is 4.90 Å².